The van der Waals surface area contributed by atoms with Gasteiger partial charge in [0.1, 0.15) is 0 Å². The van der Waals surface area contributed by atoms with Gasteiger partial charge in [-0.15, -0.1) is 0 Å². The molecular formula is C75H70BrN3. The Balaban J connectivity index is 0.957. The third-order valence-electron chi connectivity index (χ3n) is 20.6. The Morgan fingerprint density at radius 1 is 0.253 bits per heavy atom. The molecule has 2 aliphatic carbocycles. The van der Waals surface area contributed by atoms with E-state index in [1.807, 2.05) is 12.3 Å². The van der Waals surface area contributed by atoms with Crippen LogP contribution in [0.5, 0.6) is 0 Å². The first-order chi connectivity index (χ1) is 37.6. The summed E-state index contributed by atoms with van der Waals surface area (Å²) in [5.41, 5.74) is 25.6. The van der Waals surface area contributed by atoms with E-state index in [0.717, 1.165) is 105 Å². The van der Waals surface area contributed by atoms with Gasteiger partial charge >= 0.3 is 0 Å². The molecule has 79 heavy (non-hydrogen) atoms. The van der Waals surface area contributed by atoms with Crippen LogP contribution in [0.15, 0.2) is 211 Å². The summed E-state index contributed by atoms with van der Waals surface area (Å²) in [5.74, 6) is 0. The lowest BCUT2D eigenvalue weighted by Gasteiger charge is -2.44. The van der Waals surface area contributed by atoms with Gasteiger partial charge in [0.2, 0.25) is 0 Å². The van der Waals surface area contributed by atoms with Crippen molar-refractivity contribution in [2.75, 3.05) is 0 Å². The topological polar surface area (TPSA) is 38.7 Å². The summed E-state index contributed by atoms with van der Waals surface area (Å²) in [6.45, 7) is 28.9. The van der Waals surface area contributed by atoms with Crippen molar-refractivity contribution in [3.63, 3.8) is 0 Å². The number of benzene rings is 7. The molecule has 0 saturated carbocycles. The predicted octanol–water partition coefficient (Wildman–Crippen LogP) is 20.8. The Morgan fingerprint density at radius 3 is 0.848 bits per heavy atom. The molecule has 4 heteroatoms. The van der Waals surface area contributed by atoms with Crippen LogP contribution in [0.3, 0.4) is 0 Å². The van der Waals surface area contributed by atoms with Crippen molar-refractivity contribution in [3.8, 4) is 101 Å². The van der Waals surface area contributed by atoms with Crippen LogP contribution in [0.25, 0.3) is 101 Å². The maximum atomic E-state index is 5.20. The van der Waals surface area contributed by atoms with Gasteiger partial charge in [0.25, 0.3) is 0 Å². The van der Waals surface area contributed by atoms with Gasteiger partial charge in [-0.2, -0.15) is 0 Å². The second-order valence-electron chi connectivity index (χ2n) is 25.5. The third kappa shape index (κ3) is 8.30. The molecule has 0 spiro atoms. The minimum atomic E-state index is 0.00854. The van der Waals surface area contributed by atoms with Crippen LogP contribution in [0.4, 0.5) is 0 Å². The minimum Gasteiger partial charge on any atom is -0.256 e. The number of hydrogen-bond acceptors (Lipinski definition) is 3. The fourth-order valence-corrected chi connectivity index (χ4v) is 13.7. The van der Waals surface area contributed by atoms with E-state index in [0.29, 0.717) is 0 Å². The molecule has 392 valence electrons. The van der Waals surface area contributed by atoms with Crippen molar-refractivity contribution in [1.82, 2.24) is 15.0 Å². The van der Waals surface area contributed by atoms with Gasteiger partial charge in [0.15, 0.2) is 0 Å². The zero-order chi connectivity index (χ0) is 55.4. The molecule has 0 atom stereocenters. The van der Waals surface area contributed by atoms with E-state index in [4.69, 9.17) is 15.0 Å². The van der Waals surface area contributed by atoms with Gasteiger partial charge in [-0.1, -0.05) is 226 Å². The minimum absolute atomic E-state index is 0.00854. The summed E-state index contributed by atoms with van der Waals surface area (Å²) in [6, 6.07) is 68.9. The zero-order valence-corrected chi connectivity index (χ0v) is 49.4. The molecule has 3 aromatic heterocycles. The van der Waals surface area contributed by atoms with Crippen LogP contribution in [-0.2, 0) is 21.7 Å². The normalized spacial score (nSPS) is 16.8. The van der Waals surface area contributed by atoms with Crippen LogP contribution < -0.4 is 0 Å². The Bertz CT molecular complexity index is 3810. The highest BCUT2D eigenvalue weighted by Gasteiger charge is 2.58. The van der Waals surface area contributed by atoms with E-state index in [1.165, 1.54) is 22.3 Å². The fraction of sp³-hybridized carbons (Fsp3) is 0.240. The quantitative estimate of drug-likeness (QED) is 0.145. The summed E-state index contributed by atoms with van der Waals surface area (Å²) in [4.78, 5) is 15.4. The van der Waals surface area contributed by atoms with E-state index in [-0.39, 0.29) is 32.5 Å². The SMILES string of the molecule is CC1(C)c2ccc(-c3ccc(-c4ccccc4-c4cc(-c5ccccc5-c5ccc(-c6cccc(Br)c6)nc5)cc(-c5ccccc5-c5ccc(-c6ccc7c(c6)C(C)(C)C(C)(C)C7(C)C)nc5)c4)cn3)cc2C(C)(C)C1(C)C. The summed E-state index contributed by atoms with van der Waals surface area (Å²) >= 11 is 3.65. The van der Waals surface area contributed by atoms with Crippen LogP contribution in [0, 0.1) is 10.8 Å². The lowest BCUT2D eigenvalue weighted by Crippen LogP contribution is -2.42. The third-order valence-corrected chi connectivity index (χ3v) is 21.1. The molecule has 0 fully saturated rings. The molecule has 0 radical (unpaired) electrons. The van der Waals surface area contributed by atoms with Crippen molar-refractivity contribution < 1.29 is 0 Å². The maximum absolute atomic E-state index is 5.20. The van der Waals surface area contributed by atoms with Crippen molar-refractivity contribution in [1.29, 1.82) is 0 Å². The monoisotopic (exact) mass is 1090 g/mol. The number of hydrogen-bond donors (Lipinski definition) is 0. The second-order valence-corrected chi connectivity index (χ2v) is 26.4. The van der Waals surface area contributed by atoms with E-state index >= 15 is 0 Å². The molecule has 3 nitrogen and oxygen atoms in total. The summed E-state index contributed by atoms with van der Waals surface area (Å²) in [6.07, 6.45) is 6.12. The average Bonchev–Trinajstić information content (AvgIpc) is 3.95. The first-order valence-corrected chi connectivity index (χ1v) is 28.8. The molecule has 0 saturated heterocycles. The van der Waals surface area contributed by atoms with Crippen LogP contribution in [0.2, 0.25) is 0 Å². The standard InChI is InChI=1S/C75H70BrN3/c1-70(2)63-33-28-48(42-65(63)72(5,6)74(70,9)10)68-36-31-51(45-78-68)58-23-14-17-26-61(58)54-38-53(60-25-16-13-22-57(60)50-30-35-67(77-44-50)47-20-19-21-56(76)41-47)39-55(40-54)62-27-18-15-24-59(62)52-32-37-69(79-46-52)49-29-34-64-66(43-49)73(7,8)75(11,12)71(64,3)4/h13-46H,1-12H3. The molecule has 12 rings (SSSR count). The largest absolute Gasteiger partial charge is 0.256 e. The van der Waals surface area contributed by atoms with Crippen molar-refractivity contribution in [2.45, 2.75) is 105 Å². The van der Waals surface area contributed by atoms with Crippen LogP contribution in [-0.4, -0.2) is 15.0 Å². The van der Waals surface area contributed by atoms with E-state index in [2.05, 4.69) is 293 Å². The molecule has 0 unspecified atom stereocenters. The second kappa shape index (κ2) is 18.8. The van der Waals surface area contributed by atoms with Gasteiger partial charge in [0, 0.05) is 56.4 Å². The predicted molar refractivity (Wildman–Crippen MR) is 336 cm³/mol. The number of rotatable bonds is 9. The molecule has 0 aliphatic heterocycles. The summed E-state index contributed by atoms with van der Waals surface area (Å²) in [7, 11) is 0. The van der Waals surface area contributed by atoms with Crippen molar-refractivity contribution >= 4 is 15.9 Å². The summed E-state index contributed by atoms with van der Waals surface area (Å²) < 4.78 is 1.03. The van der Waals surface area contributed by atoms with Crippen LogP contribution >= 0.6 is 15.9 Å². The highest BCUT2D eigenvalue weighted by molar-refractivity contribution is 9.10. The number of halogens is 1. The van der Waals surface area contributed by atoms with Gasteiger partial charge in [-0.3, -0.25) is 15.0 Å². The summed E-state index contributed by atoms with van der Waals surface area (Å²) in [5, 5.41) is 0. The van der Waals surface area contributed by atoms with Gasteiger partial charge in [-0.25, -0.2) is 0 Å². The van der Waals surface area contributed by atoms with Crippen molar-refractivity contribution in [2.24, 2.45) is 10.8 Å². The maximum Gasteiger partial charge on any atom is 0.0702 e. The van der Waals surface area contributed by atoms with Gasteiger partial charge < -0.3 is 0 Å². The van der Waals surface area contributed by atoms with E-state index in [1.54, 1.807) is 0 Å². The smallest absolute Gasteiger partial charge is 0.0702 e. The van der Waals surface area contributed by atoms with Crippen LogP contribution in [0.1, 0.15) is 105 Å². The molecular weight excluding hydrogens is 1020 g/mol. The Labute approximate surface area is 477 Å². The van der Waals surface area contributed by atoms with E-state index in [9.17, 15) is 0 Å². The number of fused-ring (bicyclic) bond motifs is 2. The molecule has 0 N–H and O–H groups in total. The molecule has 2 aliphatic rings. The molecule has 10 aromatic rings. The lowest BCUT2D eigenvalue weighted by atomic mass is 9.59. The Morgan fingerprint density at radius 2 is 0.544 bits per heavy atom. The number of aromatic nitrogens is 3. The number of nitrogens with zero attached hydrogens (tertiary/aromatic N) is 3. The molecule has 7 aromatic carbocycles. The highest BCUT2D eigenvalue weighted by Crippen LogP contribution is 2.63. The van der Waals surface area contributed by atoms with Gasteiger partial charge in [0.05, 0.1) is 17.1 Å². The van der Waals surface area contributed by atoms with Gasteiger partial charge in [-0.05, 0) is 165 Å². The Hall–Kier alpha value is -7.53. The fourth-order valence-electron chi connectivity index (χ4n) is 13.3. The Kier molecular flexibility index (Phi) is 12.4. The lowest BCUT2D eigenvalue weighted by molar-refractivity contribution is 0.125. The number of pyridine rings is 3. The zero-order valence-electron chi connectivity index (χ0n) is 47.8. The van der Waals surface area contributed by atoms with E-state index < -0.39 is 0 Å². The highest BCUT2D eigenvalue weighted by atomic mass is 79.9. The average molecular weight is 1090 g/mol. The molecule has 3 heterocycles. The molecule has 0 amide bonds. The van der Waals surface area contributed by atoms with Crippen molar-refractivity contribution in [3.05, 3.63) is 233 Å². The first kappa shape index (κ1) is 52.2. The first-order valence-electron chi connectivity index (χ1n) is 28.0. The molecule has 0 bridgehead atoms.